The number of carboxylic acid groups (broad SMARTS) is 1. The minimum atomic E-state index is -0.702. The van der Waals surface area contributed by atoms with Gasteiger partial charge >= 0.3 is 5.97 Å². The smallest absolute Gasteiger partial charge is 0.303 e. The Balaban J connectivity index is 3.37. The third kappa shape index (κ3) is 6.53. The van der Waals surface area contributed by atoms with Crippen molar-refractivity contribution in [3.05, 3.63) is 0 Å². The van der Waals surface area contributed by atoms with Gasteiger partial charge in [-0.05, 0) is 19.3 Å². The zero-order valence-electron chi connectivity index (χ0n) is 7.84. The molecule has 72 valence electrons. The maximum Gasteiger partial charge on any atom is 0.303 e. The first-order valence-corrected chi connectivity index (χ1v) is 4.87. The standard InChI is InChI=1S/C9H18O2S/c1-3-9(2,12)7-5-4-6-8(10)11/h12H,3-7H2,1-2H3,(H,10,11)/t9-/m0/s1. The average Bonchev–Trinajstić information content (AvgIpc) is 1.98. The molecule has 2 nitrogen and oxygen atoms in total. The van der Waals surface area contributed by atoms with Gasteiger partial charge in [-0.3, -0.25) is 4.79 Å². The first-order valence-electron chi connectivity index (χ1n) is 4.42. The van der Waals surface area contributed by atoms with Gasteiger partial charge in [0.2, 0.25) is 0 Å². The molecule has 0 radical (unpaired) electrons. The monoisotopic (exact) mass is 190 g/mol. The van der Waals surface area contributed by atoms with E-state index in [1.54, 1.807) is 0 Å². The van der Waals surface area contributed by atoms with Gasteiger partial charge in [-0.2, -0.15) is 12.6 Å². The summed E-state index contributed by atoms with van der Waals surface area (Å²) in [6.45, 7) is 4.20. The summed E-state index contributed by atoms with van der Waals surface area (Å²) >= 11 is 4.46. The number of carboxylic acids is 1. The number of hydrogen-bond acceptors (Lipinski definition) is 2. The van der Waals surface area contributed by atoms with Crippen LogP contribution in [0.1, 0.15) is 46.0 Å². The molecule has 3 heteroatoms. The summed E-state index contributed by atoms with van der Waals surface area (Å²) in [5.74, 6) is -0.702. The van der Waals surface area contributed by atoms with Crippen molar-refractivity contribution in [3.8, 4) is 0 Å². The summed E-state index contributed by atoms with van der Waals surface area (Å²) in [6, 6.07) is 0. The van der Waals surface area contributed by atoms with Crippen LogP contribution in [-0.4, -0.2) is 15.8 Å². The van der Waals surface area contributed by atoms with Crippen LogP contribution >= 0.6 is 12.6 Å². The highest BCUT2D eigenvalue weighted by molar-refractivity contribution is 7.81. The SMILES string of the molecule is CC[C@](C)(S)CCCCC(=O)O. The van der Waals surface area contributed by atoms with Crippen molar-refractivity contribution >= 4 is 18.6 Å². The fourth-order valence-electron chi connectivity index (χ4n) is 0.959. The molecular weight excluding hydrogens is 172 g/mol. The van der Waals surface area contributed by atoms with E-state index in [2.05, 4.69) is 26.5 Å². The lowest BCUT2D eigenvalue weighted by molar-refractivity contribution is -0.137. The molecule has 0 heterocycles. The number of thiol groups is 1. The normalized spacial score (nSPS) is 15.6. The zero-order chi connectivity index (χ0) is 9.61. The predicted molar refractivity (Wildman–Crippen MR) is 53.8 cm³/mol. The molecule has 0 fully saturated rings. The van der Waals surface area contributed by atoms with Crippen molar-refractivity contribution in [2.45, 2.75) is 50.7 Å². The molecular formula is C9H18O2S. The quantitative estimate of drug-likeness (QED) is 0.499. The minimum Gasteiger partial charge on any atom is -0.481 e. The highest BCUT2D eigenvalue weighted by Crippen LogP contribution is 2.24. The highest BCUT2D eigenvalue weighted by atomic mass is 32.1. The Morgan fingerprint density at radius 1 is 1.50 bits per heavy atom. The van der Waals surface area contributed by atoms with E-state index in [4.69, 9.17) is 5.11 Å². The van der Waals surface area contributed by atoms with Crippen molar-refractivity contribution in [2.24, 2.45) is 0 Å². The third-order valence-corrected chi connectivity index (χ3v) is 2.66. The van der Waals surface area contributed by atoms with Crippen LogP contribution in [0.4, 0.5) is 0 Å². The van der Waals surface area contributed by atoms with Gasteiger partial charge in [0.1, 0.15) is 0 Å². The van der Waals surface area contributed by atoms with Crippen LogP contribution in [0.2, 0.25) is 0 Å². The lowest BCUT2D eigenvalue weighted by Gasteiger charge is -2.20. The highest BCUT2D eigenvalue weighted by Gasteiger charge is 2.15. The maximum atomic E-state index is 10.2. The third-order valence-electron chi connectivity index (χ3n) is 2.12. The van der Waals surface area contributed by atoms with E-state index in [0.29, 0.717) is 0 Å². The van der Waals surface area contributed by atoms with Crippen LogP contribution in [0.15, 0.2) is 0 Å². The van der Waals surface area contributed by atoms with Crippen LogP contribution in [0.3, 0.4) is 0 Å². The number of carbonyl (C=O) groups is 1. The van der Waals surface area contributed by atoms with Crippen molar-refractivity contribution in [3.63, 3.8) is 0 Å². The summed E-state index contributed by atoms with van der Waals surface area (Å²) in [6.07, 6.45) is 4.04. The Morgan fingerprint density at radius 2 is 2.08 bits per heavy atom. The van der Waals surface area contributed by atoms with Gasteiger partial charge in [-0.1, -0.05) is 20.3 Å². The minimum absolute atomic E-state index is 0.0818. The molecule has 0 unspecified atom stereocenters. The molecule has 0 aromatic rings. The van der Waals surface area contributed by atoms with E-state index in [1.807, 2.05) is 0 Å². The van der Waals surface area contributed by atoms with Crippen LogP contribution < -0.4 is 0 Å². The van der Waals surface area contributed by atoms with Crippen molar-refractivity contribution in [1.29, 1.82) is 0 Å². The molecule has 0 aromatic heterocycles. The first-order chi connectivity index (χ1) is 5.48. The van der Waals surface area contributed by atoms with Crippen molar-refractivity contribution in [2.75, 3.05) is 0 Å². The van der Waals surface area contributed by atoms with Gasteiger partial charge in [-0.15, -0.1) is 0 Å². The van der Waals surface area contributed by atoms with Gasteiger partial charge < -0.3 is 5.11 Å². The number of aliphatic carboxylic acids is 1. The van der Waals surface area contributed by atoms with Crippen LogP contribution in [0.5, 0.6) is 0 Å². The van der Waals surface area contributed by atoms with Crippen molar-refractivity contribution < 1.29 is 9.90 Å². The van der Waals surface area contributed by atoms with E-state index in [0.717, 1.165) is 25.7 Å². The summed E-state index contributed by atoms with van der Waals surface area (Å²) in [5.41, 5.74) is 0. The second-order valence-corrected chi connectivity index (χ2v) is 4.53. The Labute approximate surface area is 79.8 Å². The fraction of sp³-hybridized carbons (Fsp3) is 0.889. The largest absolute Gasteiger partial charge is 0.481 e. The number of unbranched alkanes of at least 4 members (excludes halogenated alkanes) is 1. The molecule has 0 aromatic carbocycles. The lowest BCUT2D eigenvalue weighted by atomic mass is 10.00. The Kier molecular flexibility index (Phi) is 5.38. The lowest BCUT2D eigenvalue weighted by Crippen LogP contribution is -2.14. The first kappa shape index (κ1) is 11.8. The molecule has 0 saturated carbocycles. The number of rotatable bonds is 6. The summed E-state index contributed by atoms with van der Waals surface area (Å²) in [5, 5.41) is 8.38. The fourth-order valence-corrected chi connectivity index (χ4v) is 1.12. The summed E-state index contributed by atoms with van der Waals surface area (Å²) in [4.78, 5) is 10.2. The molecule has 0 aliphatic heterocycles. The van der Waals surface area contributed by atoms with Gasteiger partial charge in [-0.25, -0.2) is 0 Å². The molecule has 12 heavy (non-hydrogen) atoms. The maximum absolute atomic E-state index is 10.2. The second-order valence-electron chi connectivity index (χ2n) is 3.45. The van der Waals surface area contributed by atoms with E-state index in [-0.39, 0.29) is 11.2 Å². The molecule has 0 saturated heterocycles. The summed E-state index contributed by atoms with van der Waals surface area (Å²) < 4.78 is 0.0818. The molecule has 0 aliphatic carbocycles. The van der Waals surface area contributed by atoms with E-state index >= 15 is 0 Å². The zero-order valence-corrected chi connectivity index (χ0v) is 8.73. The number of hydrogen-bond donors (Lipinski definition) is 2. The molecule has 0 bridgehead atoms. The van der Waals surface area contributed by atoms with E-state index < -0.39 is 5.97 Å². The van der Waals surface area contributed by atoms with Gasteiger partial charge in [0, 0.05) is 11.2 Å². The molecule has 0 rings (SSSR count). The average molecular weight is 190 g/mol. The van der Waals surface area contributed by atoms with Gasteiger partial charge in [0.15, 0.2) is 0 Å². The van der Waals surface area contributed by atoms with Crippen molar-refractivity contribution in [1.82, 2.24) is 0 Å². The summed E-state index contributed by atoms with van der Waals surface area (Å²) in [7, 11) is 0. The Bertz CT molecular complexity index is 143. The van der Waals surface area contributed by atoms with Gasteiger partial charge in [0.25, 0.3) is 0 Å². The van der Waals surface area contributed by atoms with Crippen LogP contribution in [0, 0.1) is 0 Å². The Morgan fingerprint density at radius 3 is 2.50 bits per heavy atom. The van der Waals surface area contributed by atoms with Crippen LogP contribution in [0.25, 0.3) is 0 Å². The molecule has 0 amide bonds. The molecule has 0 spiro atoms. The molecule has 1 N–H and O–H groups in total. The van der Waals surface area contributed by atoms with E-state index in [9.17, 15) is 4.79 Å². The second kappa shape index (κ2) is 5.46. The van der Waals surface area contributed by atoms with Crippen LogP contribution in [-0.2, 0) is 4.79 Å². The topological polar surface area (TPSA) is 37.3 Å². The molecule has 0 aliphatic rings. The predicted octanol–water partition coefficient (Wildman–Crippen LogP) is 2.73. The Hall–Kier alpha value is -0.180. The molecule has 1 atom stereocenters. The van der Waals surface area contributed by atoms with Gasteiger partial charge in [0.05, 0.1) is 0 Å². The van der Waals surface area contributed by atoms with E-state index in [1.165, 1.54) is 0 Å².